The lowest BCUT2D eigenvalue weighted by Gasteiger charge is -2.08. The molecule has 5 heteroatoms. The number of carbonyl (C=O) groups excluding carboxylic acids is 2. The minimum atomic E-state index is -0.178. The molecule has 3 aromatic rings. The van der Waals surface area contributed by atoms with E-state index in [2.05, 4.69) is 15.6 Å². The zero-order chi connectivity index (χ0) is 17.6. The number of amides is 1. The molecule has 2 N–H and O–H groups in total. The van der Waals surface area contributed by atoms with Crippen LogP contribution >= 0.6 is 0 Å². The Hall–Kier alpha value is -3.47. The second-order valence-corrected chi connectivity index (χ2v) is 5.51. The lowest BCUT2D eigenvalue weighted by molar-refractivity contribution is 0.101. The Morgan fingerprint density at radius 1 is 0.800 bits per heavy atom. The van der Waals surface area contributed by atoms with Gasteiger partial charge in [-0.15, -0.1) is 0 Å². The first-order valence-electron chi connectivity index (χ1n) is 7.82. The van der Waals surface area contributed by atoms with E-state index in [-0.39, 0.29) is 11.7 Å². The van der Waals surface area contributed by atoms with Crippen molar-refractivity contribution in [2.45, 2.75) is 6.92 Å². The third-order valence-electron chi connectivity index (χ3n) is 3.62. The maximum atomic E-state index is 12.1. The van der Waals surface area contributed by atoms with E-state index in [1.54, 1.807) is 42.6 Å². The summed E-state index contributed by atoms with van der Waals surface area (Å²) < 4.78 is 0. The van der Waals surface area contributed by atoms with E-state index < -0.39 is 0 Å². The Balaban J connectivity index is 1.64. The molecule has 0 spiro atoms. The second kappa shape index (κ2) is 7.40. The minimum Gasteiger partial charge on any atom is -0.340 e. The highest BCUT2D eigenvalue weighted by atomic mass is 16.1. The van der Waals surface area contributed by atoms with Crippen LogP contribution in [0.25, 0.3) is 0 Å². The first kappa shape index (κ1) is 16.4. The van der Waals surface area contributed by atoms with Crippen molar-refractivity contribution in [2.75, 3.05) is 10.6 Å². The summed E-state index contributed by atoms with van der Waals surface area (Å²) in [7, 11) is 0. The molecule has 25 heavy (non-hydrogen) atoms. The molecule has 0 fully saturated rings. The number of carbonyl (C=O) groups is 2. The van der Waals surface area contributed by atoms with E-state index in [1.165, 1.54) is 6.92 Å². The molecule has 1 heterocycles. The van der Waals surface area contributed by atoms with Crippen molar-refractivity contribution in [1.82, 2.24) is 4.98 Å². The van der Waals surface area contributed by atoms with Gasteiger partial charge in [-0.05, 0) is 55.5 Å². The third-order valence-corrected chi connectivity index (χ3v) is 3.62. The lowest BCUT2D eigenvalue weighted by Crippen LogP contribution is -2.11. The Morgan fingerprint density at radius 3 is 2.08 bits per heavy atom. The van der Waals surface area contributed by atoms with Crippen molar-refractivity contribution in [3.8, 4) is 0 Å². The van der Waals surface area contributed by atoms with Crippen molar-refractivity contribution in [1.29, 1.82) is 0 Å². The fourth-order valence-electron chi connectivity index (χ4n) is 2.27. The molecule has 0 atom stereocenters. The topological polar surface area (TPSA) is 71.1 Å². The summed E-state index contributed by atoms with van der Waals surface area (Å²) in [6.45, 7) is 1.53. The SMILES string of the molecule is CC(=O)c1ccc(Nc2ccc(NC(=O)c3ccccc3)cn2)cc1. The Bertz CT molecular complexity index is 873. The number of ketones is 1. The van der Waals surface area contributed by atoms with Gasteiger partial charge >= 0.3 is 0 Å². The average molecular weight is 331 g/mol. The van der Waals surface area contributed by atoms with Gasteiger partial charge in [-0.25, -0.2) is 4.98 Å². The number of aromatic nitrogens is 1. The summed E-state index contributed by atoms with van der Waals surface area (Å²) in [6, 6.07) is 19.7. The van der Waals surface area contributed by atoms with Crippen molar-refractivity contribution < 1.29 is 9.59 Å². The molecule has 0 unspecified atom stereocenters. The van der Waals surface area contributed by atoms with E-state index in [9.17, 15) is 9.59 Å². The Kier molecular flexibility index (Phi) is 4.85. The van der Waals surface area contributed by atoms with Gasteiger partial charge in [0.05, 0.1) is 11.9 Å². The number of nitrogens with one attached hydrogen (secondary N) is 2. The number of hydrogen-bond donors (Lipinski definition) is 2. The average Bonchev–Trinajstić information content (AvgIpc) is 2.64. The quantitative estimate of drug-likeness (QED) is 0.685. The van der Waals surface area contributed by atoms with Gasteiger partial charge in [0.2, 0.25) is 0 Å². The molecule has 1 aromatic heterocycles. The standard InChI is InChI=1S/C20H17N3O2/c1-14(24)15-7-9-17(10-8-15)22-19-12-11-18(13-21-19)23-20(25)16-5-3-2-4-6-16/h2-13H,1H3,(H,21,22)(H,23,25). The summed E-state index contributed by atoms with van der Waals surface area (Å²) in [5.74, 6) is 0.499. The molecule has 1 amide bonds. The van der Waals surface area contributed by atoms with Gasteiger partial charge in [0.15, 0.2) is 5.78 Å². The molecule has 0 bridgehead atoms. The van der Waals surface area contributed by atoms with Crippen LogP contribution < -0.4 is 10.6 Å². The molecule has 2 aromatic carbocycles. The van der Waals surface area contributed by atoms with Gasteiger partial charge in [-0.1, -0.05) is 18.2 Å². The van der Waals surface area contributed by atoms with Crippen molar-refractivity contribution in [3.05, 3.63) is 84.1 Å². The van der Waals surface area contributed by atoms with Gasteiger partial charge in [-0.3, -0.25) is 9.59 Å². The third kappa shape index (κ3) is 4.29. The molecule has 0 radical (unpaired) electrons. The summed E-state index contributed by atoms with van der Waals surface area (Å²) in [6.07, 6.45) is 1.59. The van der Waals surface area contributed by atoms with Crippen LogP contribution in [0.1, 0.15) is 27.6 Å². The highest BCUT2D eigenvalue weighted by Crippen LogP contribution is 2.17. The molecule has 0 aliphatic heterocycles. The zero-order valence-electron chi connectivity index (χ0n) is 13.7. The maximum Gasteiger partial charge on any atom is 0.255 e. The molecular formula is C20H17N3O2. The summed E-state index contributed by atoms with van der Waals surface area (Å²) in [5, 5.41) is 5.95. The number of nitrogens with zero attached hydrogens (tertiary/aromatic N) is 1. The second-order valence-electron chi connectivity index (χ2n) is 5.51. The molecule has 0 saturated carbocycles. The van der Waals surface area contributed by atoms with E-state index in [0.717, 1.165) is 5.69 Å². The van der Waals surface area contributed by atoms with Crippen LogP contribution in [0.2, 0.25) is 0 Å². The van der Waals surface area contributed by atoms with Crippen molar-refractivity contribution >= 4 is 28.9 Å². The fraction of sp³-hybridized carbons (Fsp3) is 0.0500. The summed E-state index contributed by atoms with van der Waals surface area (Å²) in [4.78, 5) is 27.7. The Morgan fingerprint density at radius 2 is 1.48 bits per heavy atom. The predicted molar refractivity (Wildman–Crippen MR) is 98.4 cm³/mol. The van der Waals surface area contributed by atoms with E-state index in [4.69, 9.17) is 0 Å². The van der Waals surface area contributed by atoms with Crippen LogP contribution in [0.3, 0.4) is 0 Å². The van der Waals surface area contributed by atoms with Gasteiger partial charge < -0.3 is 10.6 Å². The van der Waals surface area contributed by atoms with Crippen LogP contribution in [0.5, 0.6) is 0 Å². The number of anilines is 3. The van der Waals surface area contributed by atoms with Crippen LogP contribution in [0, 0.1) is 0 Å². The van der Waals surface area contributed by atoms with Crippen LogP contribution in [0.4, 0.5) is 17.2 Å². The first-order chi connectivity index (χ1) is 12.1. The molecule has 0 saturated heterocycles. The summed E-state index contributed by atoms with van der Waals surface area (Å²) >= 11 is 0. The van der Waals surface area contributed by atoms with Crippen molar-refractivity contribution in [2.24, 2.45) is 0 Å². The highest BCUT2D eigenvalue weighted by molar-refractivity contribution is 6.04. The predicted octanol–water partition coefficient (Wildman–Crippen LogP) is 4.28. The maximum absolute atomic E-state index is 12.1. The van der Waals surface area contributed by atoms with Gasteiger partial charge in [0.25, 0.3) is 5.91 Å². The number of benzene rings is 2. The molecular weight excluding hydrogens is 314 g/mol. The molecule has 5 nitrogen and oxygen atoms in total. The van der Waals surface area contributed by atoms with Gasteiger partial charge in [0.1, 0.15) is 5.82 Å². The van der Waals surface area contributed by atoms with Crippen molar-refractivity contribution in [3.63, 3.8) is 0 Å². The fourth-order valence-corrected chi connectivity index (χ4v) is 2.27. The van der Waals surface area contributed by atoms with E-state index in [1.807, 2.05) is 30.3 Å². The molecule has 3 rings (SSSR count). The molecule has 0 aliphatic carbocycles. The Labute approximate surface area is 145 Å². The van der Waals surface area contributed by atoms with Crippen LogP contribution in [-0.4, -0.2) is 16.7 Å². The van der Waals surface area contributed by atoms with E-state index in [0.29, 0.717) is 22.6 Å². The lowest BCUT2D eigenvalue weighted by atomic mass is 10.1. The van der Waals surface area contributed by atoms with Crippen LogP contribution in [-0.2, 0) is 0 Å². The number of pyridine rings is 1. The van der Waals surface area contributed by atoms with E-state index >= 15 is 0 Å². The number of hydrogen-bond acceptors (Lipinski definition) is 4. The molecule has 124 valence electrons. The number of Topliss-reactive ketones (excluding diaryl/α,β-unsaturated/α-hetero) is 1. The number of rotatable bonds is 5. The highest BCUT2D eigenvalue weighted by Gasteiger charge is 2.05. The largest absolute Gasteiger partial charge is 0.340 e. The molecule has 0 aliphatic rings. The zero-order valence-corrected chi connectivity index (χ0v) is 13.7. The normalized spacial score (nSPS) is 10.1. The van der Waals surface area contributed by atoms with Gasteiger partial charge in [0, 0.05) is 16.8 Å². The first-order valence-corrected chi connectivity index (χ1v) is 7.82. The monoisotopic (exact) mass is 331 g/mol. The summed E-state index contributed by atoms with van der Waals surface area (Å²) in [5.41, 5.74) is 2.71. The van der Waals surface area contributed by atoms with Crippen LogP contribution in [0.15, 0.2) is 72.9 Å². The smallest absolute Gasteiger partial charge is 0.255 e. The van der Waals surface area contributed by atoms with Gasteiger partial charge in [-0.2, -0.15) is 0 Å². The minimum absolute atomic E-state index is 0.0307.